The molecule has 4 heteroatoms. The highest BCUT2D eigenvalue weighted by Gasteiger charge is 2.06. The molecule has 3 rings (SSSR count). The Labute approximate surface area is 131 Å². The normalized spacial score (nSPS) is 10.7. The minimum absolute atomic E-state index is 0.671. The average Bonchev–Trinajstić information content (AvgIpc) is 2.90. The molecule has 0 atom stereocenters. The van der Waals surface area contributed by atoms with Crippen molar-refractivity contribution >= 4 is 27.5 Å². The summed E-state index contributed by atoms with van der Waals surface area (Å²) in [6.45, 7) is 0.671. The lowest BCUT2D eigenvalue weighted by atomic mass is 10.1. The van der Waals surface area contributed by atoms with Crippen LogP contribution < -0.4 is 0 Å². The number of rotatable bonds is 3. The molecule has 2 aromatic carbocycles. The van der Waals surface area contributed by atoms with Gasteiger partial charge in [0.15, 0.2) is 0 Å². The fourth-order valence-corrected chi connectivity index (χ4v) is 2.79. The third kappa shape index (κ3) is 2.79. The second-order valence-corrected chi connectivity index (χ2v) is 5.76. The third-order valence-electron chi connectivity index (χ3n) is 3.11. The molecule has 20 heavy (non-hydrogen) atoms. The fourth-order valence-electron chi connectivity index (χ4n) is 2.09. The van der Waals surface area contributed by atoms with Crippen LogP contribution in [0.25, 0.3) is 11.1 Å². The van der Waals surface area contributed by atoms with Crippen molar-refractivity contribution < 1.29 is 0 Å². The van der Waals surface area contributed by atoms with Crippen molar-refractivity contribution in [3.63, 3.8) is 0 Å². The van der Waals surface area contributed by atoms with Crippen LogP contribution in [-0.4, -0.2) is 9.78 Å². The molecule has 0 saturated carbocycles. The van der Waals surface area contributed by atoms with Gasteiger partial charge in [0.05, 0.1) is 12.7 Å². The largest absolute Gasteiger partial charge is 0.268 e. The lowest BCUT2D eigenvalue weighted by Crippen LogP contribution is -2.00. The minimum atomic E-state index is 0.671. The van der Waals surface area contributed by atoms with Crippen LogP contribution in [0.1, 0.15) is 5.56 Å². The highest BCUT2D eigenvalue weighted by Crippen LogP contribution is 2.27. The van der Waals surface area contributed by atoms with E-state index in [0.29, 0.717) is 6.54 Å². The molecule has 0 saturated heterocycles. The van der Waals surface area contributed by atoms with E-state index in [0.717, 1.165) is 26.2 Å². The average molecular weight is 348 g/mol. The van der Waals surface area contributed by atoms with Gasteiger partial charge >= 0.3 is 0 Å². The highest BCUT2D eigenvalue weighted by molar-refractivity contribution is 9.10. The van der Waals surface area contributed by atoms with E-state index in [1.54, 1.807) is 0 Å². The maximum absolute atomic E-state index is 6.17. The highest BCUT2D eigenvalue weighted by atomic mass is 79.9. The van der Waals surface area contributed by atoms with Crippen LogP contribution in [0.15, 0.2) is 65.4 Å². The molecule has 0 fully saturated rings. The molecule has 1 aromatic heterocycles. The van der Waals surface area contributed by atoms with Crippen LogP contribution in [-0.2, 0) is 6.54 Å². The van der Waals surface area contributed by atoms with Crippen molar-refractivity contribution in [2.45, 2.75) is 6.54 Å². The summed E-state index contributed by atoms with van der Waals surface area (Å²) in [5.74, 6) is 0. The van der Waals surface area contributed by atoms with Crippen molar-refractivity contribution in [2.75, 3.05) is 0 Å². The first-order chi connectivity index (χ1) is 9.74. The van der Waals surface area contributed by atoms with E-state index in [9.17, 15) is 0 Å². The van der Waals surface area contributed by atoms with Gasteiger partial charge in [-0.2, -0.15) is 5.10 Å². The van der Waals surface area contributed by atoms with Gasteiger partial charge in [-0.25, -0.2) is 0 Å². The number of hydrogen-bond donors (Lipinski definition) is 0. The first-order valence-corrected chi connectivity index (χ1v) is 7.42. The maximum atomic E-state index is 6.17. The van der Waals surface area contributed by atoms with Crippen molar-refractivity contribution in [1.82, 2.24) is 9.78 Å². The van der Waals surface area contributed by atoms with E-state index in [-0.39, 0.29) is 0 Å². The van der Waals surface area contributed by atoms with Crippen LogP contribution in [0.5, 0.6) is 0 Å². The van der Waals surface area contributed by atoms with Gasteiger partial charge in [-0.05, 0) is 23.3 Å². The van der Waals surface area contributed by atoms with Crippen LogP contribution in [0.2, 0.25) is 5.02 Å². The van der Waals surface area contributed by atoms with Gasteiger partial charge < -0.3 is 0 Å². The lowest BCUT2D eigenvalue weighted by Gasteiger charge is -2.04. The van der Waals surface area contributed by atoms with E-state index in [1.807, 2.05) is 59.5 Å². The zero-order valence-electron chi connectivity index (χ0n) is 10.6. The van der Waals surface area contributed by atoms with E-state index in [4.69, 9.17) is 11.6 Å². The third-order valence-corrected chi connectivity index (χ3v) is 4.17. The zero-order valence-corrected chi connectivity index (χ0v) is 13.0. The van der Waals surface area contributed by atoms with Gasteiger partial charge in [0.25, 0.3) is 0 Å². The van der Waals surface area contributed by atoms with Gasteiger partial charge in [-0.3, -0.25) is 4.68 Å². The quantitative estimate of drug-likeness (QED) is 0.651. The molecular formula is C16H12BrClN2. The summed E-state index contributed by atoms with van der Waals surface area (Å²) in [5.41, 5.74) is 3.29. The molecule has 0 radical (unpaired) electrons. The van der Waals surface area contributed by atoms with Gasteiger partial charge in [-0.15, -0.1) is 0 Å². The van der Waals surface area contributed by atoms with Crippen molar-refractivity contribution in [1.29, 1.82) is 0 Å². The number of halogens is 2. The monoisotopic (exact) mass is 346 g/mol. The fraction of sp³-hybridized carbons (Fsp3) is 0.0625. The molecule has 3 aromatic rings. The van der Waals surface area contributed by atoms with E-state index in [2.05, 4.69) is 27.1 Å². The Morgan fingerprint density at radius 1 is 1.05 bits per heavy atom. The summed E-state index contributed by atoms with van der Waals surface area (Å²) < 4.78 is 2.97. The molecule has 0 bridgehead atoms. The summed E-state index contributed by atoms with van der Waals surface area (Å²) >= 11 is 9.74. The van der Waals surface area contributed by atoms with E-state index >= 15 is 0 Å². The topological polar surface area (TPSA) is 17.8 Å². The molecule has 1 heterocycles. The molecule has 0 N–H and O–H groups in total. The SMILES string of the molecule is Clc1ccccc1Cn1cc(-c2ccccc2Br)cn1. The van der Waals surface area contributed by atoms with E-state index < -0.39 is 0 Å². The molecule has 0 spiro atoms. The Morgan fingerprint density at radius 2 is 1.80 bits per heavy atom. The lowest BCUT2D eigenvalue weighted by molar-refractivity contribution is 0.687. The molecular weight excluding hydrogens is 336 g/mol. The standard InChI is InChI=1S/C16H12BrClN2/c17-15-7-3-2-6-14(15)13-9-19-20(11-13)10-12-5-1-4-8-16(12)18/h1-9,11H,10H2. The second kappa shape index (κ2) is 5.81. The molecule has 0 aliphatic heterocycles. The summed E-state index contributed by atoms with van der Waals surface area (Å²) in [7, 11) is 0. The summed E-state index contributed by atoms with van der Waals surface area (Å²) in [6.07, 6.45) is 3.90. The first-order valence-electron chi connectivity index (χ1n) is 6.25. The number of benzene rings is 2. The number of aromatic nitrogens is 2. The Kier molecular flexibility index (Phi) is 3.90. The second-order valence-electron chi connectivity index (χ2n) is 4.50. The molecule has 2 nitrogen and oxygen atoms in total. The van der Waals surface area contributed by atoms with Gasteiger partial charge in [0.1, 0.15) is 0 Å². The van der Waals surface area contributed by atoms with Crippen molar-refractivity contribution in [3.8, 4) is 11.1 Å². The summed E-state index contributed by atoms with van der Waals surface area (Å²) in [4.78, 5) is 0. The van der Waals surface area contributed by atoms with Crippen molar-refractivity contribution in [3.05, 3.63) is 76.0 Å². The maximum Gasteiger partial charge on any atom is 0.0674 e. The van der Waals surface area contributed by atoms with Crippen molar-refractivity contribution in [2.24, 2.45) is 0 Å². The van der Waals surface area contributed by atoms with Crippen LogP contribution >= 0.6 is 27.5 Å². The molecule has 100 valence electrons. The smallest absolute Gasteiger partial charge is 0.0674 e. The predicted molar refractivity (Wildman–Crippen MR) is 85.9 cm³/mol. The van der Waals surface area contributed by atoms with E-state index in [1.165, 1.54) is 0 Å². The minimum Gasteiger partial charge on any atom is -0.268 e. The van der Waals surface area contributed by atoms with Gasteiger partial charge in [-0.1, -0.05) is 63.9 Å². The van der Waals surface area contributed by atoms with Crippen LogP contribution in [0, 0.1) is 0 Å². The van der Waals surface area contributed by atoms with Gasteiger partial charge in [0.2, 0.25) is 0 Å². The van der Waals surface area contributed by atoms with Gasteiger partial charge in [0, 0.05) is 21.3 Å². The molecule has 0 amide bonds. The zero-order chi connectivity index (χ0) is 13.9. The Bertz CT molecular complexity index is 737. The first kappa shape index (κ1) is 13.4. The van der Waals surface area contributed by atoms with Crippen LogP contribution in [0.3, 0.4) is 0 Å². The number of hydrogen-bond acceptors (Lipinski definition) is 1. The summed E-state index contributed by atoms with van der Waals surface area (Å²) in [5, 5.41) is 5.18. The molecule has 0 aliphatic rings. The Hall–Kier alpha value is -1.58. The number of nitrogens with zero attached hydrogens (tertiary/aromatic N) is 2. The summed E-state index contributed by atoms with van der Waals surface area (Å²) in [6, 6.07) is 16.0. The Balaban J connectivity index is 1.88. The molecule has 0 aliphatic carbocycles. The van der Waals surface area contributed by atoms with Crippen LogP contribution in [0.4, 0.5) is 0 Å². The molecule has 0 unspecified atom stereocenters. The Morgan fingerprint density at radius 3 is 2.60 bits per heavy atom. The predicted octanol–water partition coefficient (Wildman–Crippen LogP) is 5.01.